The van der Waals surface area contributed by atoms with Crippen molar-refractivity contribution in [2.24, 2.45) is 28.6 Å². The van der Waals surface area contributed by atoms with E-state index in [-0.39, 0.29) is 39.8 Å². The van der Waals surface area contributed by atoms with Gasteiger partial charge in [-0.1, -0.05) is 25.5 Å². The Labute approximate surface area is 212 Å². The standard InChI is InChI=1S/C25H31O2.C5H5.Fe/c1-24-12-11-21-19(20(24)9-10-23(24)27)8-7-18-14-22(26)17(15-25(18,21)2)13-16-5-3-4-6-16;1-2-4-5-3-1;/h3-6,13-14,19-21,23,27H,7-12,15H2,1-2H3;1-5H;/q;;+2/b17-13-;;/t19-,20-,21-,23-,24-,25-;;/m0../s1. The summed E-state index contributed by atoms with van der Waals surface area (Å²) in [7, 11) is 0. The first-order chi connectivity index (χ1) is 15.4. The van der Waals surface area contributed by atoms with Gasteiger partial charge in [-0.3, -0.25) is 4.79 Å². The number of aliphatic hydroxyl groups excluding tert-OH is 1. The van der Waals surface area contributed by atoms with E-state index in [9.17, 15) is 9.90 Å². The summed E-state index contributed by atoms with van der Waals surface area (Å²) < 4.78 is 0. The van der Waals surface area contributed by atoms with Gasteiger partial charge in [-0.25, -0.2) is 0 Å². The first-order valence-electron chi connectivity index (χ1n) is 12.4. The maximum atomic E-state index is 12.8. The van der Waals surface area contributed by atoms with Crippen LogP contribution in [0.25, 0.3) is 0 Å². The molecule has 0 unspecified atom stereocenters. The summed E-state index contributed by atoms with van der Waals surface area (Å²) in [6.45, 7) is 4.76. The van der Waals surface area contributed by atoms with E-state index in [2.05, 4.69) is 32.8 Å². The summed E-state index contributed by atoms with van der Waals surface area (Å²) in [4.78, 5) is 12.8. The largest absolute Gasteiger partial charge is 2.00 e. The predicted molar refractivity (Wildman–Crippen MR) is 128 cm³/mol. The molecule has 0 spiro atoms. The summed E-state index contributed by atoms with van der Waals surface area (Å²) in [5.41, 5.74) is 2.62. The second-order valence-corrected chi connectivity index (χ2v) is 11.0. The third kappa shape index (κ3) is 4.73. The van der Waals surface area contributed by atoms with E-state index < -0.39 is 0 Å². The molecule has 6 atom stereocenters. The molecule has 0 heterocycles. The van der Waals surface area contributed by atoms with Crippen LogP contribution in [0.1, 0.15) is 58.8 Å². The average molecular weight is 484 g/mol. The van der Waals surface area contributed by atoms with Gasteiger partial charge in [-0.05, 0) is 143 Å². The van der Waals surface area contributed by atoms with Crippen molar-refractivity contribution >= 4 is 5.78 Å². The average Bonchev–Trinajstić information content (AvgIpc) is 3.54. The Morgan fingerprint density at radius 2 is 1.58 bits per heavy atom. The Bertz CT molecular complexity index is 767. The van der Waals surface area contributed by atoms with Crippen molar-refractivity contribution in [1.29, 1.82) is 0 Å². The van der Waals surface area contributed by atoms with Crippen LogP contribution < -0.4 is 0 Å². The minimum Gasteiger partial charge on any atom is -0.393 e. The summed E-state index contributed by atoms with van der Waals surface area (Å²) in [5, 5.41) is 10.6. The zero-order valence-corrected chi connectivity index (χ0v) is 20.9. The van der Waals surface area contributed by atoms with Crippen molar-refractivity contribution in [2.45, 2.75) is 64.9 Å². The predicted octanol–water partition coefficient (Wildman–Crippen LogP) is 5.84. The molecular weight excluding hydrogens is 448 g/mol. The van der Waals surface area contributed by atoms with Crippen molar-refractivity contribution in [3.05, 3.63) is 87.0 Å². The Hall–Kier alpha value is -0.371. The number of aliphatic hydroxyl groups is 1. The third-order valence-corrected chi connectivity index (χ3v) is 9.45. The second-order valence-electron chi connectivity index (χ2n) is 11.0. The van der Waals surface area contributed by atoms with Crippen molar-refractivity contribution in [2.75, 3.05) is 0 Å². The Balaban J connectivity index is 0.000000385. The maximum absolute atomic E-state index is 12.8. The number of fused-ring (bicyclic) bond motifs is 5. The topological polar surface area (TPSA) is 37.3 Å². The molecule has 1 N–H and O–H groups in total. The molecule has 5 fully saturated rings. The molecule has 0 aromatic rings. The van der Waals surface area contributed by atoms with Gasteiger partial charge in [0.25, 0.3) is 0 Å². The van der Waals surface area contributed by atoms with Gasteiger partial charge >= 0.3 is 17.1 Å². The van der Waals surface area contributed by atoms with Gasteiger partial charge in [-0.2, -0.15) is 0 Å². The van der Waals surface area contributed by atoms with Crippen LogP contribution in [0.2, 0.25) is 0 Å². The summed E-state index contributed by atoms with van der Waals surface area (Å²) in [5.74, 6) is 3.37. The first-order valence-corrected chi connectivity index (χ1v) is 12.4. The van der Waals surface area contributed by atoms with E-state index in [0.29, 0.717) is 17.8 Å². The van der Waals surface area contributed by atoms with Crippen LogP contribution in [0.4, 0.5) is 0 Å². The molecule has 33 heavy (non-hydrogen) atoms. The quantitative estimate of drug-likeness (QED) is 0.375. The van der Waals surface area contributed by atoms with Gasteiger partial charge in [0.05, 0.1) is 6.10 Å². The molecule has 0 aromatic carbocycles. The molecule has 174 valence electrons. The molecule has 2 nitrogen and oxygen atoms in total. The van der Waals surface area contributed by atoms with E-state index in [4.69, 9.17) is 0 Å². The van der Waals surface area contributed by atoms with Gasteiger partial charge in [-0.15, -0.1) is 0 Å². The van der Waals surface area contributed by atoms with Crippen molar-refractivity contribution < 1.29 is 27.0 Å². The van der Waals surface area contributed by atoms with Crippen molar-refractivity contribution in [3.8, 4) is 0 Å². The number of rotatable bonds is 1. The molecule has 6 rings (SSSR count). The maximum Gasteiger partial charge on any atom is 2.00 e. The van der Waals surface area contributed by atoms with Gasteiger partial charge < -0.3 is 5.11 Å². The Morgan fingerprint density at radius 3 is 2.24 bits per heavy atom. The van der Waals surface area contributed by atoms with Gasteiger partial charge in [0.15, 0.2) is 5.78 Å². The molecule has 0 aromatic heterocycles. The molecule has 6 aliphatic carbocycles. The van der Waals surface area contributed by atoms with Crippen LogP contribution in [0.3, 0.4) is 0 Å². The fourth-order valence-corrected chi connectivity index (χ4v) is 7.64. The number of ketones is 1. The smallest absolute Gasteiger partial charge is 0.393 e. The number of allylic oxidation sites excluding steroid dienone is 3. The zero-order valence-electron chi connectivity index (χ0n) is 19.8. The molecule has 10 radical (unpaired) electrons. The van der Waals surface area contributed by atoms with Gasteiger partial charge in [0.1, 0.15) is 0 Å². The fourth-order valence-electron chi connectivity index (χ4n) is 7.64. The van der Waals surface area contributed by atoms with Crippen LogP contribution in [0, 0.1) is 92.3 Å². The molecular formula is C30H36FeO2+2. The number of hydrogen-bond acceptors (Lipinski definition) is 2. The Kier molecular flexibility index (Phi) is 8.04. The van der Waals surface area contributed by atoms with Crippen molar-refractivity contribution in [1.82, 2.24) is 0 Å². The molecule has 0 aliphatic heterocycles. The number of hydrogen-bond donors (Lipinski definition) is 1. The molecule has 0 amide bonds. The van der Waals surface area contributed by atoms with Gasteiger partial charge in [0, 0.05) is 5.92 Å². The second kappa shape index (κ2) is 10.3. The van der Waals surface area contributed by atoms with Crippen LogP contribution in [0.15, 0.2) is 23.3 Å². The molecule has 5 saturated carbocycles. The minimum atomic E-state index is -0.117. The van der Waals surface area contributed by atoms with Crippen LogP contribution in [-0.2, 0) is 21.9 Å². The summed E-state index contributed by atoms with van der Waals surface area (Å²) in [6.07, 6.45) is 29.8. The summed E-state index contributed by atoms with van der Waals surface area (Å²) in [6, 6.07) is 0. The van der Waals surface area contributed by atoms with Crippen LogP contribution >= 0.6 is 0 Å². The third-order valence-electron chi connectivity index (χ3n) is 9.45. The number of carbonyl (C=O) groups excluding carboxylic acids is 1. The van der Waals surface area contributed by atoms with E-state index in [0.717, 1.165) is 37.2 Å². The van der Waals surface area contributed by atoms with Gasteiger partial charge in [0.2, 0.25) is 0 Å². The zero-order chi connectivity index (χ0) is 22.3. The molecule has 6 aliphatic rings. The molecule has 0 bridgehead atoms. The van der Waals surface area contributed by atoms with E-state index in [1.54, 1.807) is 0 Å². The molecule has 3 heteroatoms. The summed E-state index contributed by atoms with van der Waals surface area (Å²) >= 11 is 0. The Morgan fingerprint density at radius 1 is 0.909 bits per heavy atom. The van der Waals surface area contributed by atoms with E-state index >= 15 is 0 Å². The van der Waals surface area contributed by atoms with Crippen molar-refractivity contribution in [3.63, 3.8) is 0 Å². The monoisotopic (exact) mass is 484 g/mol. The normalized spacial score (nSPS) is 43.7. The fraction of sp³-hybridized carbons (Fsp3) is 0.500. The minimum absolute atomic E-state index is 0. The molecule has 0 saturated heterocycles. The van der Waals surface area contributed by atoms with E-state index in [1.165, 1.54) is 24.8 Å². The van der Waals surface area contributed by atoms with Crippen LogP contribution in [0.5, 0.6) is 0 Å². The SMILES string of the molecule is C[C@]12CC[C@H]3[C@@H](CCC4=CC(=O)/C(=C\[C]5[CH][CH][CH][CH]5)C[C@@]43C)[C@@H]1CC[C@@H]2O.[CH]1[CH][CH][CH][CH]1.[Fe+2]. The van der Waals surface area contributed by atoms with E-state index in [1.807, 2.05) is 51.0 Å². The van der Waals surface area contributed by atoms with Crippen LogP contribution in [-0.4, -0.2) is 17.0 Å². The first kappa shape index (κ1) is 25.7. The number of carbonyl (C=O) groups is 1.